The van der Waals surface area contributed by atoms with E-state index in [1.165, 1.54) is 24.5 Å². The van der Waals surface area contributed by atoms with E-state index in [9.17, 15) is 9.50 Å². The molecule has 0 bridgehead atoms. The summed E-state index contributed by atoms with van der Waals surface area (Å²) in [5.74, 6) is -0.0378. The van der Waals surface area contributed by atoms with Crippen LogP contribution in [0.25, 0.3) is 10.2 Å². The van der Waals surface area contributed by atoms with E-state index in [0.29, 0.717) is 10.8 Å². The van der Waals surface area contributed by atoms with Crippen LogP contribution in [0, 0.1) is 5.82 Å². The van der Waals surface area contributed by atoms with Gasteiger partial charge >= 0.3 is 0 Å². The van der Waals surface area contributed by atoms with Crippen LogP contribution < -0.4 is 10.1 Å². The molecule has 0 saturated heterocycles. The van der Waals surface area contributed by atoms with Crippen molar-refractivity contribution in [1.29, 1.82) is 0 Å². The van der Waals surface area contributed by atoms with Gasteiger partial charge in [0.05, 0.1) is 17.3 Å². The molecule has 4 nitrogen and oxygen atoms in total. The van der Waals surface area contributed by atoms with Crippen LogP contribution in [0.15, 0.2) is 36.4 Å². The van der Waals surface area contributed by atoms with Gasteiger partial charge in [0, 0.05) is 11.8 Å². The summed E-state index contributed by atoms with van der Waals surface area (Å²) in [6.07, 6.45) is 0. The number of phenols is 1. The number of hydrogen-bond donors (Lipinski definition) is 2. The van der Waals surface area contributed by atoms with Crippen molar-refractivity contribution in [2.75, 3.05) is 12.4 Å². The van der Waals surface area contributed by atoms with Crippen LogP contribution in [0.3, 0.4) is 0 Å². The quantitative estimate of drug-likeness (QED) is 0.768. The SMILES string of the molecule is COc1ccc(Nc2nc3ccc(O)cc3s2)cc1F. The Hall–Kier alpha value is -2.34. The first-order valence-corrected chi connectivity index (χ1v) is 6.67. The van der Waals surface area contributed by atoms with Gasteiger partial charge < -0.3 is 15.2 Å². The zero-order chi connectivity index (χ0) is 14.1. The average molecular weight is 290 g/mol. The van der Waals surface area contributed by atoms with Gasteiger partial charge in [0.15, 0.2) is 16.7 Å². The van der Waals surface area contributed by atoms with Crippen LogP contribution in [-0.2, 0) is 0 Å². The highest BCUT2D eigenvalue weighted by atomic mass is 32.1. The van der Waals surface area contributed by atoms with E-state index in [1.54, 1.807) is 30.3 Å². The fraction of sp³-hybridized carbons (Fsp3) is 0.0714. The number of anilines is 2. The van der Waals surface area contributed by atoms with Crippen LogP contribution >= 0.6 is 11.3 Å². The molecule has 0 fully saturated rings. The van der Waals surface area contributed by atoms with Crippen LogP contribution in [0.1, 0.15) is 0 Å². The number of thiazole rings is 1. The van der Waals surface area contributed by atoms with E-state index in [-0.39, 0.29) is 11.5 Å². The molecule has 0 atom stereocenters. The normalized spacial score (nSPS) is 10.7. The predicted octanol–water partition coefficient (Wildman–Crippen LogP) is 3.89. The largest absolute Gasteiger partial charge is 0.508 e. The summed E-state index contributed by atoms with van der Waals surface area (Å²) >= 11 is 1.39. The molecule has 0 amide bonds. The maximum Gasteiger partial charge on any atom is 0.188 e. The Labute approximate surface area is 118 Å². The van der Waals surface area contributed by atoms with Crippen molar-refractivity contribution < 1.29 is 14.2 Å². The van der Waals surface area contributed by atoms with Crippen molar-refractivity contribution in [2.45, 2.75) is 0 Å². The summed E-state index contributed by atoms with van der Waals surface area (Å²) in [4.78, 5) is 4.36. The molecule has 3 aromatic rings. The Balaban J connectivity index is 1.90. The lowest BCUT2D eigenvalue weighted by Gasteiger charge is -2.05. The molecule has 0 spiro atoms. The van der Waals surface area contributed by atoms with Crippen LogP contribution in [-0.4, -0.2) is 17.2 Å². The van der Waals surface area contributed by atoms with Crippen molar-refractivity contribution in [1.82, 2.24) is 4.98 Å². The Morgan fingerprint density at radius 2 is 2.10 bits per heavy atom. The second-order valence-corrected chi connectivity index (χ2v) is 5.18. The molecule has 0 aliphatic rings. The molecular formula is C14H11FN2O2S. The highest BCUT2D eigenvalue weighted by molar-refractivity contribution is 7.22. The van der Waals surface area contributed by atoms with Gasteiger partial charge in [-0.05, 0) is 30.3 Å². The maximum atomic E-state index is 13.6. The van der Waals surface area contributed by atoms with Crippen molar-refractivity contribution in [3.63, 3.8) is 0 Å². The number of fused-ring (bicyclic) bond motifs is 1. The second kappa shape index (κ2) is 4.97. The molecule has 0 unspecified atom stereocenters. The Morgan fingerprint density at radius 3 is 2.85 bits per heavy atom. The number of phenolic OH excluding ortho intramolecular Hbond substituents is 1. The molecular weight excluding hydrogens is 279 g/mol. The standard InChI is InChI=1S/C14H11FN2O2S/c1-19-12-5-2-8(6-10(12)15)16-14-17-11-4-3-9(18)7-13(11)20-14/h2-7,18H,1H3,(H,16,17). The second-order valence-electron chi connectivity index (χ2n) is 4.15. The molecule has 0 radical (unpaired) electrons. The molecule has 102 valence electrons. The van der Waals surface area contributed by atoms with E-state index in [4.69, 9.17) is 4.74 Å². The zero-order valence-electron chi connectivity index (χ0n) is 10.6. The number of ether oxygens (including phenoxy) is 1. The highest BCUT2D eigenvalue weighted by Gasteiger charge is 2.07. The number of nitrogens with zero attached hydrogens (tertiary/aromatic N) is 1. The first kappa shape index (κ1) is 12.7. The van der Waals surface area contributed by atoms with Gasteiger partial charge in [0.25, 0.3) is 0 Å². The molecule has 0 aliphatic carbocycles. The molecule has 3 rings (SSSR count). The number of halogens is 1. The summed E-state index contributed by atoms with van der Waals surface area (Å²) in [6.45, 7) is 0. The van der Waals surface area contributed by atoms with Gasteiger partial charge in [-0.15, -0.1) is 0 Å². The first-order valence-electron chi connectivity index (χ1n) is 5.86. The lowest BCUT2D eigenvalue weighted by molar-refractivity contribution is 0.386. The Morgan fingerprint density at radius 1 is 1.25 bits per heavy atom. The number of aromatic hydroxyl groups is 1. The molecule has 0 saturated carbocycles. The Kier molecular flexibility index (Phi) is 3.15. The third-order valence-electron chi connectivity index (χ3n) is 2.78. The minimum Gasteiger partial charge on any atom is -0.508 e. The number of methoxy groups -OCH3 is 1. The van der Waals surface area contributed by atoms with E-state index >= 15 is 0 Å². The third kappa shape index (κ3) is 2.37. The van der Waals surface area contributed by atoms with Crippen molar-refractivity contribution in [3.05, 3.63) is 42.2 Å². The van der Waals surface area contributed by atoms with Gasteiger partial charge in [-0.2, -0.15) is 0 Å². The van der Waals surface area contributed by atoms with E-state index < -0.39 is 5.82 Å². The van der Waals surface area contributed by atoms with Gasteiger partial charge in [-0.3, -0.25) is 0 Å². The summed E-state index contributed by atoms with van der Waals surface area (Å²) in [5, 5.41) is 13.1. The van der Waals surface area contributed by atoms with Gasteiger partial charge in [0.2, 0.25) is 0 Å². The smallest absolute Gasteiger partial charge is 0.188 e. The molecule has 1 aromatic heterocycles. The summed E-state index contributed by atoms with van der Waals surface area (Å²) in [5.41, 5.74) is 1.37. The van der Waals surface area contributed by atoms with E-state index in [2.05, 4.69) is 10.3 Å². The zero-order valence-corrected chi connectivity index (χ0v) is 11.4. The monoisotopic (exact) mass is 290 g/mol. The maximum absolute atomic E-state index is 13.6. The molecule has 2 aromatic carbocycles. The molecule has 1 heterocycles. The van der Waals surface area contributed by atoms with E-state index in [1.807, 2.05) is 0 Å². The molecule has 0 aliphatic heterocycles. The lowest BCUT2D eigenvalue weighted by atomic mass is 10.3. The molecule has 20 heavy (non-hydrogen) atoms. The van der Waals surface area contributed by atoms with Gasteiger partial charge in [-0.25, -0.2) is 9.37 Å². The highest BCUT2D eigenvalue weighted by Crippen LogP contribution is 2.31. The van der Waals surface area contributed by atoms with Crippen molar-refractivity contribution in [2.24, 2.45) is 0 Å². The van der Waals surface area contributed by atoms with Crippen LogP contribution in [0.5, 0.6) is 11.5 Å². The fourth-order valence-corrected chi connectivity index (χ4v) is 2.75. The number of rotatable bonds is 3. The van der Waals surface area contributed by atoms with Gasteiger partial charge in [0.1, 0.15) is 5.75 Å². The van der Waals surface area contributed by atoms with Crippen LogP contribution in [0.2, 0.25) is 0 Å². The van der Waals surface area contributed by atoms with Crippen LogP contribution in [0.4, 0.5) is 15.2 Å². The number of benzene rings is 2. The van der Waals surface area contributed by atoms with E-state index in [0.717, 1.165) is 10.2 Å². The Bertz CT molecular complexity index is 773. The minimum atomic E-state index is -0.434. The predicted molar refractivity (Wildman–Crippen MR) is 77.5 cm³/mol. The number of nitrogens with one attached hydrogen (secondary N) is 1. The number of aromatic nitrogens is 1. The van der Waals surface area contributed by atoms with Crippen molar-refractivity contribution in [3.8, 4) is 11.5 Å². The fourth-order valence-electron chi connectivity index (χ4n) is 1.83. The average Bonchev–Trinajstić information content (AvgIpc) is 2.80. The summed E-state index contributed by atoms with van der Waals surface area (Å²) in [7, 11) is 1.42. The van der Waals surface area contributed by atoms with Crippen molar-refractivity contribution >= 4 is 32.4 Å². The molecule has 6 heteroatoms. The lowest BCUT2D eigenvalue weighted by Crippen LogP contribution is -1.92. The third-order valence-corrected chi connectivity index (χ3v) is 3.71. The first-order chi connectivity index (χ1) is 9.65. The van der Waals surface area contributed by atoms with Gasteiger partial charge in [-0.1, -0.05) is 11.3 Å². The summed E-state index contributed by atoms with van der Waals surface area (Å²) < 4.78 is 19.3. The number of hydrogen-bond acceptors (Lipinski definition) is 5. The topological polar surface area (TPSA) is 54.4 Å². The molecule has 2 N–H and O–H groups in total. The summed E-state index contributed by atoms with van der Waals surface area (Å²) in [6, 6.07) is 9.58. The minimum absolute atomic E-state index is 0.197.